The van der Waals surface area contributed by atoms with E-state index in [4.69, 9.17) is 9.47 Å². The minimum Gasteiger partial charge on any atom is -0.499 e. The molecule has 0 heterocycles. The maximum atomic E-state index is 10.3. The Balaban J connectivity index is 2.90. The summed E-state index contributed by atoms with van der Waals surface area (Å²) in [5.41, 5.74) is 0. The second-order valence-electron chi connectivity index (χ2n) is 1.79. The fourth-order valence-electron chi connectivity index (χ4n) is 0.406. The highest BCUT2D eigenvalue weighted by molar-refractivity contribution is 5.76. The number of carbonyl (C=O) groups is 1. The molecule has 0 aromatic carbocycles. The molecule has 3 heteroatoms. The van der Waals surface area contributed by atoms with Crippen LogP contribution >= 0.6 is 0 Å². The Morgan fingerprint density at radius 2 is 2.30 bits per heavy atom. The molecule has 0 unspecified atom stereocenters. The SMILES string of the molecule is C=COCCOCC(C)=O. The molecule has 0 aliphatic rings. The molecule has 0 amide bonds. The van der Waals surface area contributed by atoms with Gasteiger partial charge in [0.25, 0.3) is 0 Å². The molecule has 0 radical (unpaired) electrons. The highest BCUT2D eigenvalue weighted by Gasteiger charge is 1.90. The van der Waals surface area contributed by atoms with Gasteiger partial charge in [-0.3, -0.25) is 4.79 Å². The van der Waals surface area contributed by atoms with E-state index in [1.54, 1.807) is 0 Å². The summed E-state index contributed by atoms with van der Waals surface area (Å²) in [5, 5.41) is 0. The Morgan fingerprint density at radius 3 is 2.80 bits per heavy atom. The van der Waals surface area contributed by atoms with Gasteiger partial charge >= 0.3 is 0 Å². The van der Waals surface area contributed by atoms with Crippen molar-refractivity contribution in [3.05, 3.63) is 12.8 Å². The van der Waals surface area contributed by atoms with E-state index in [0.29, 0.717) is 13.2 Å². The van der Waals surface area contributed by atoms with Crippen molar-refractivity contribution in [2.45, 2.75) is 6.92 Å². The molecule has 0 saturated heterocycles. The highest BCUT2D eigenvalue weighted by Crippen LogP contribution is 1.78. The molecule has 10 heavy (non-hydrogen) atoms. The van der Waals surface area contributed by atoms with Crippen LogP contribution in [0.4, 0.5) is 0 Å². The number of ether oxygens (including phenoxy) is 2. The molecule has 58 valence electrons. The largest absolute Gasteiger partial charge is 0.499 e. The lowest BCUT2D eigenvalue weighted by Crippen LogP contribution is -2.07. The van der Waals surface area contributed by atoms with E-state index in [1.807, 2.05) is 0 Å². The summed E-state index contributed by atoms with van der Waals surface area (Å²) in [5.74, 6) is 0.0265. The average molecular weight is 144 g/mol. The maximum absolute atomic E-state index is 10.3. The quantitative estimate of drug-likeness (QED) is 0.407. The summed E-state index contributed by atoms with van der Waals surface area (Å²) in [6.45, 7) is 5.89. The lowest BCUT2D eigenvalue weighted by molar-refractivity contribution is -0.121. The third-order valence-electron chi connectivity index (χ3n) is 0.769. The van der Waals surface area contributed by atoms with Gasteiger partial charge in [-0.15, -0.1) is 0 Å². The third kappa shape index (κ3) is 7.17. The van der Waals surface area contributed by atoms with Gasteiger partial charge in [-0.2, -0.15) is 0 Å². The van der Waals surface area contributed by atoms with Gasteiger partial charge in [-0.05, 0) is 6.92 Å². The summed E-state index contributed by atoms with van der Waals surface area (Å²) in [7, 11) is 0. The smallest absolute Gasteiger partial charge is 0.155 e. The first-order valence-corrected chi connectivity index (χ1v) is 3.07. The Labute approximate surface area is 60.6 Å². The Bertz CT molecular complexity index is 109. The fraction of sp³-hybridized carbons (Fsp3) is 0.571. The van der Waals surface area contributed by atoms with Crippen molar-refractivity contribution in [1.29, 1.82) is 0 Å². The molecular weight excluding hydrogens is 132 g/mol. The average Bonchev–Trinajstić information content (AvgIpc) is 1.87. The molecule has 0 bridgehead atoms. The zero-order valence-corrected chi connectivity index (χ0v) is 6.13. The molecule has 0 aliphatic carbocycles. The van der Waals surface area contributed by atoms with Crippen molar-refractivity contribution in [3.8, 4) is 0 Å². The standard InChI is InChI=1S/C7H12O3/c1-3-9-4-5-10-6-7(2)8/h3H,1,4-6H2,2H3. The van der Waals surface area contributed by atoms with Crippen LogP contribution in [0.5, 0.6) is 0 Å². The molecule has 0 rings (SSSR count). The minimum absolute atomic E-state index is 0.0265. The second-order valence-corrected chi connectivity index (χ2v) is 1.79. The van der Waals surface area contributed by atoms with Crippen molar-refractivity contribution in [3.63, 3.8) is 0 Å². The molecule has 0 atom stereocenters. The van der Waals surface area contributed by atoms with Crippen molar-refractivity contribution in [1.82, 2.24) is 0 Å². The number of Topliss-reactive ketones (excluding diaryl/α,β-unsaturated/α-hetero) is 1. The van der Waals surface area contributed by atoms with E-state index in [0.717, 1.165) is 0 Å². The number of hydrogen-bond donors (Lipinski definition) is 0. The Kier molecular flexibility index (Phi) is 5.77. The minimum atomic E-state index is 0.0265. The number of ketones is 1. The van der Waals surface area contributed by atoms with Crippen LogP contribution in [-0.4, -0.2) is 25.6 Å². The zero-order chi connectivity index (χ0) is 7.82. The summed E-state index contributed by atoms with van der Waals surface area (Å²) >= 11 is 0. The molecule has 0 aromatic heterocycles. The number of rotatable bonds is 6. The molecule has 0 N–H and O–H groups in total. The van der Waals surface area contributed by atoms with Crippen LogP contribution < -0.4 is 0 Å². The number of carbonyl (C=O) groups excluding carboxylic acids is 1. The van der Waals surface area contributed by atoms with Gasteiger partial charge in [0.15, 0.2) is 5.78 Å². The number of hydrogen-bond acceptors (Lipinski definition) is 3. The normalized spacial score (nSPS) is 8.90. The van der Waals surface area contributed by atoms with Gasteiger partial charge in [-0.1, -0.05) is 6.58 Å². The van der Waals surface area contributed by atoms with E-state index >= 15 is 0 Å². The van der Waals surface area contributed by atoms with Crippen molar-refractivity contribution in [2.75, 3.05) is 19.8 Å². The monoisotopic (exact) mass is 144 g/mol. The van der Waals surface area contributed by atoms with Crippen LogP contribution in [0.2, 0.25) is 0 Å². The molecule has 0 fully saturated rings. The summed E-state index contributed by atoms with van der Waals surface area (Å²) in [6, 6.07) is 0. The van der Waals surface area contributed by atoms with Gasteiger partial charge in [0.1, 0.15) is 13.2 Å². The van der Waals surface area contributed by atoms with Crippen LogP contribution in [0, 0.1) is 0 Å². The molecule has 0 aromatic rings. The van der Waals surface area contributed by atoms with E-state index in [-0.39, 0.29) is 12.4 Å². The van der Waals surface area contributed by atoms with Gasteiger partial charge in [0.05, 0.1) is 12.9 Å². The summed E-state index contributed by atoms with van der Waals surface area (Å²) in [4.78, 5) is 10.3. The van der Waals surface area contributed by atoms with E-state index in [1.165, 1.54) is 13.2 Å². The van der Waals surface area contributed by atoms with Crippen LogP contribution in [0.15, 0.2) is 12.8 Å². The van der Waals surface area contributed by atoms with Crippen molar-refractivity contribution < 1.29 is 14.3 Å². The predicted molar refractivity (Wildman–Crippen MR) is 37.6 cm³/mol. The van der Waals surface area contributed by atoms with Crippen LogP contribution in [0.25, 0.3) is 0 Å². The molecule has 0 spiro atoms. The van der Waals surface area contributed by atoms with Crippen LogP contribution in [0.3, 0.4) is 0 Å². The third-order valence-corrected chi connectivity index (χ3v) is 0.769. The highest BCUT2D eigenvalue weighted by atomic mass is 16.5. The Morgan fingerprint density at radius 1 is 1.60 bits per heavy atom. The van der Waals surface area contributed by atoms with Gasteiger partial charge < -0.3 is 9.47 Å². The molecule has 0 aliphatic heterocycles. The van der Waals surface area contributed by atoms with Gasteiger partial charge in [0.2, 0.25) is 0 Å². The van der Waals surface area contributed by atoms with Crippen molar-refractivity contribution >= 4 is 5.78 Å². The summed E-state index contributed by atoms with van der Waals surface area (Å²) < 4.78 is 9.62. The van der Waals surface area contributed by atoms with E-state index in [9.17, 15) is 4.79 Å². The maximum Gasteiger partial charge on any atom is 0.155 e. The first-order chi connectivity index (χ1) is 4.77. The Hall–Kier alpha value is -0.830. The fourth-order valence-corrected chi connectivity index (χ4v) is 0.406. The zero-order valence-electron chi connectivity index (χ0n) is 6.13. The van der Waals surface area contributed by atoms with Crippen LogP contribution in [-0.2, 0) is 14.3 Å². The van der Waals surface area contributed by atoms with Crippen LogP contribution in [0.1, 0.15) is 6.92 Å². The van der Waals surface area contributed by atoms with Gasteiger partial charge in [-0.25, -0.2) is 0 Å². The molecule has 3 nitrogen and oxygen atoms in total. The molecule has 0 saturated carbocycles. The first kappa shape index (κ1) is 9.17. The van der Waals surface area contributed by atoms with Crippen molar-refractivity contribution in [2.24, 2.45) is 0 Å². The lowest BCUT2D eigenvalue weighted by atomic mass is 10.5. The second kappa shape index (κ2) is 6.29. The summed E-state index contributed by atoms with van der Waals surface area (Å²) in [6.07, 6.45) is 1.34. The topological polar surface area (TPSA) is 35.5 Å². The predicted octanol–water partition coefficient (Wildman–Crippen LogP) is 0.752. The first-order valence-electron chi connectivity index (χ1n) is 3.07. The van der Waals surface area contributed by atoms with Gasteiger partial charge in [0, 0.05) is 0 Å². The lowest BCUT2D eigenvalue weighted by Gasteiger charge is -1.99. The van der Waals surface area contributed by atoms with E-state index < -0.39 is 0 Å². The molecular formula is C7H12O3. The van der Waals surface area contributed by atoms with E-state index in [2.05, 4.69) is 6.58 Å².